The molecule has 15 rings (SSSR count). The second-order valence-electron chi connectivity index (χ2n) is 19.6. The Balaban J connectivity index is 0.974. The summed E-state index contributed by atoms with van der Waals surface area (Å²) in [5, 5.41) is 10.6. The molecule has 3 aromatic heterocycles. The van der Waals surface area contributed by atoms with Crippen LogP contribution in [0.1, 0.15) is 18.2 Å². The van der Waals surface area contributed by atoms with Gasteiger partial charge in [0.25, 0.3) is 0 Å². The lowest BCUT2D eigenvalue weighted by atomic mass is 9.89. The Morgan fingerprint density at radius 1 is 0.405 bits per heavy atom. The van der Waals surface area contributed by atoms with Crippen molar-refractivity contribution in [1.82, 2.24) is 0 Å². The third-order valence-electron chi connectivity index (χ3n) is 15.1. The van der Waals surface area contributed by atoms with Gasteiger partial charge in [0.1, 0.15) is 11.2 Å². The minimum atomic E-state index is 0.276. The van der Waals surface area contributed by atoms with E-state index >= 15 is 0 Å². The Morgan fingerprint density at radius 2 is 0.905 bits per heavy atom. The summed E-state index contributed by atoms with van der Waals surface area (Å²) in [5.41, 5.74) is 14.8. The summed E-state index contributed by atoms with van der Waals surface area (Å²) < 4.78 is 16.8. The zero-order chi connectivity index (χ0) is 48.9. The summed E-state index contributed by atoms with van der Waals surface area (Å²) in [5.74, 6) is 1.20. The van der Waals surface area contributed by atoms with Crippen LogP contribution in [0.25, 0.3) is 103 Å². The number of furan rings is 2. The topological polar surface area (TPSA) is 32.8 Å². The number of allylic oxidation sites excluding steroid dienone is 1. The fraction of sp³-hybridized carbons (Fsp3) is 0.0435. The maximum absolute atomic E-state index is 7.22. The molecule has 1 atom stereocenters. The first-order valence-corrected chi connectivity index (χ1v) is 26.3. The van der Waals surface area contributed by atoms with E-state index in [2.05, 4.69) is 259 Å². The van der Waals surface area contributed by atoms with Gasteiger partial charge in [-0.3, -0.25) is 0 Å². The molecule has 0 fully saturated rings. The summed E-state index contributed by atoms with van der Waals surface area (Å²) in [4.78, 5) is 4.87. The molecular weight excluding hydrogens is 921 g/mol. The Hall–Kier alpha value is -9.16. The number of hydrogen-bond donors (Lipinski definition) is 0. The van der Waals surface area contributed by atoms with E-state index in [1.165, 1.54) is 47.3 Å². The van der Waals surface area contributed by atoms with Gasteiger partial charge in [0.15, 0.2) is 11.3 Å². The van der Waals surface area contributed by atoms with Gasteiger partial charge in [-0.05, 0) is 71.3 Å². The minimum Gasteiger partial charge on any atom is -0.454 e. The fourth-order valence-electron chi connectivity index (χ4n) is 11.9. The van der Waals surface area contributed by atoms with E-state index in [9.17, 15) is 0 Å². The van der Waals surface area contributed by atoms with Gasteiger partial charge in [0, 0.05) is 80.6 Å². The highest BCUT2D eigenvalue weighted by atomic mass is 32.1. The van der Waals surface area contributed by atoms with Gasteiger partial charge in [-0.2, -0.15) is 0 Å². The lowest BCUT2D eigenvalue weighted by molar-refractivity contribution is 0.576. The van der Waals surface area contributed by atoms with E-state index in [1.807, 2.05) is 11.3 Å². The number of hydrogen-bond acceptors (Lipinski definition) is 5. The van der Waals surface area contributed by atoms with Gasteiger partial charge < -0.3 is 18.6 Å². The van der Waals surface area contributed by atoms with Gasteiger partial charge in [-0.25, -0.2) is 0 Å². The number of anilines is 5. The molecule has 4 nitrogen and oxygen atoms in total. The van der Waals surface area contributed by atoms with Gasteiger partial charge in [-0.15, -0.1) is 11.3 Å². The van der Waals surface area contributed by atoms with Crippen LogP contribution in [-0.2, 0) is 6.42 Å². The van der Waals surface area contributed by atoms with Crippen LogP contribution in [0.15, 0.2) is 251 Å². The van der Waals surface area contributed by atoms with E-state index in [0.29, 0.717) is 0 Å². The summed E-state index contributed by atoms with van der Waals surface area (Å²) in [6.07, 6.45) is 3.32. The molecule has 1 aliphatic rings. The van der Waals surface area contributed by atoms with Crippen molar-refractivity contribution in [2.75, 3.05) is 9.80 Å². The van der Waals surface area contributed by atoms with Crippen LogP contribution >= 0.6 is 11.3 Å². The monoisotopic (exact) mass is 966 g/mol. The normalized spacial score (nSPS) is 13.6. The Bertz CT molecular complexity index is 4530. The summed E-state index contributed by atoms with van der Waals surface area (Å²) in [6, 6.07) is 85.2. The second-order valence-corrected chi connectivity index (χ2v) is 20.6. The molecule has 74 heavy (non-hydrogen) atoms. The molecule has 0 spiro atoms. The van der Waals surface area contributed by atoms with Crippen LogP contribution in [0.2, 0.25) is 0 Å². The number of fused-ring (bicyclic) bond motifs is 13. The van der Waals surface area contributed by atoms with Gasteiger partial charge in [-0.1, -0.05) is 207 Å². The molecule has 1 unspecified atom stereocenters. The van der Waals surface area contributed by atoms with Gasteiger partial charge in [0.05, 0.1) is 22.8 Å². The average molecular weight is 967 g/mol. The minimum absolute atomic E-state index is 0.276. The Labute approximate surface area is 431 Å². The predicted octanol–water partition coefficient (Wildman–Crippen LogP) is 20.2. The Kier molecular flexibility index (Phi) is 9.76. The van der Waals surface area contributed by atoms with Crippen molar-refractivity contribution >= 4 is 120 Å². The predicted molar refractivity (Wildman–Crippen MR) is 313 cm³/mol. The van der Waals surface area contributed by atoms with Crippen molar-refractivity contribution < 1.29 is 8.83 Å². The van der Waals surface area contributed by atoms with E-state index in [4.69, 9.17) is 8.83 Å². The summed E-state index contributed by atoms with van der Waals surface area (Å²) in [7, 11) is 0. The average Bonchev–Trinajstić information content (AvgIpc) is 4.21. The molecule has 3 heterocycles. The number of para-hydroxylation sites is 5. The molecule has 350 valence electrons. The third-order valence-corrected chi connectivity index (χ3v) is 16.3. The van der Waals surface area contributed by atoms with Gasteiger partial charge in [0.2, 0.25) is 0 Å². The van der Waals surface area contributed by atoms with Gasteiger partial charge >= 0.3 is 0 Å². The first-order valence-electron chi connectivity index (χ1n) is 25.5. The molecule has 0 aliphatic heterocycles. The standard InChI is InChI=1S/C69H46N2O2S/c1-43-39-57-55-36-19-34-49(45-23-8-3-9-24-45)66(55)73-68(57)62(40-43)71(47-27-12-5-13-28-47)61-42-63-64(52-31-16-14-29-50(52)61)58-41-60(51-30-15-17-32-56(51)69(58)74-63)70(46-25-10-4-11-26-46)59-38-20-37-54-53-35-18-33-48(65(53)72-67(54)59)44-21-6-2-7-22-44/h2-38,40-43H,39H2,1H3. The molecule has 0 N–H and O–H groups in total. The van der Waals surface area contributed by atoms with Crippen LogP contribution in [0.5, 0.6) is 0 Å². The first-order chi connectivity index (χ1) is 36.6. The number of thiophene rings is 1. The number of rotatable bonds is 8. The zero-order valence-electron chi connectivity index (χ0n) is 40.5. The Morgan fingerprint density at radius 3 is 1.57 bits per heavy atom. The van der Waals surface area contributed by atoms with Crippen LogP contribution in [-0.4, -0.2) is 0 Å². The van der Waals surface area contributed by atoms with Crippen LogP contribution in [0.4, 0.5) is 28.4 Å². The quantitative estimate of drug-likeness (QED) is 0.152. The molecule has 0 bridgehead atoms. The van der Waals surface area contributed by atoms with Crippen molar-refractivity contribution in [2.45, 2.75) is 13.3 Å². The third kappa shape index (κ3) is 6.60. The van der Waals surface area contributed by atoms with Crippen molar-refractivity contribution in [3.63, 3.8) is 0 Å². The molecule has 11 aromatic carbocycles. The van der Waals surface area contributed by atoms with Crippen LogP contribution in [0, 0.1) is 5.92 Å². The van der Waals surface area contributed by atoms with E-state index in [-0.39, 0.29) is 5.92 Å². The lowest BCUT2D eigenvalue weighted by Gasteiger charge is -2.31. The highest BCUT2D eigenvalue weighted by molar-refractivity contribution is 7.27. The largest absolute Gasteiger partial charge is 0.454 e. The molecule has 14 aromatic rings. The maximum atomic E-state index is 7.22. The molecule has 5 heteroatoms. The van der Waals surface area contributed by atoms with E-state index in [1.54, 1.807) is 0 Å². The molecule has 0 radical (unpaired) electrons. The fourth-order valence-corrected chi connectivity index (χ4v) is 13.2. The molecule has 0 saturated heterocycles. The number of nitrogens with zero attached hydrogens (tertiary/aromatic N) is 2. The molecular formula is C69H46N2O2S. The van der Waals surface area contributed by atoms with E-state index < -0.39 is 0 Å². The summed E-state index contributed by atoms with van der Waals surface area (Å²) in [6.45, 7) is 2.33. The molecule has 1 aliphatic carbocycles. The number of benzene rings is 11. The first kappa shape index (κ1) is 42.5. The second kappa shape index (κ2) is 17.0. The van der Waals surface area contributed by atoms with E-state index in [0.717, 1.165) is 101 Å². The van der Waals surface area contributed by atoms with Crippen LogP contribution in [0.3, 0.4) is 0 Å². The highest BCUT2D eigenvalue weighted by Crippen LogP contribution is 2.53. The maximum Gasteiger partial charge on any atom is 0.159 e. The van der Waals surface area contributed by atoms with Crippen molar-refractivity contribution in [1.29, 1.82) is 0 Å². The summed E-state index contributed by atoms with van der Waals surface area (Å²) >= 11 is 1.88. The zero-order valence-corrected chi connectivity index (χ0v) is 41.3. The SMILES string of the molecule is CC1C=C(N(c2ccccc2)c2cc3sc4c5ccccc5c(N(c5ccccc5)c5cccc6c5oc5c(-c7ccccc7)cccc56)cc4c3c3ccccc23)c2oc3c(-c4ccccc4)cccc3c2C1. The lowest BCUT2D eigenvalue weighted by Crippen LogP contribution is -2.20. The smallest absolute Gasteiger partial charge is 0.159 e. The van der Waals surface area contributed by atoms with Crippen molar-refractivity contribution in [3.05, 3.63) is 254 Å². The molecule has 0 saturated carbocycles. The van der Waals surface area contributed by atoms with Crippen molar-refractivity contribution in [3.8, 4) is 22.3 Å². The highest BCUT2D eigenvalue weighted by Gasteiger charge is 2.32. The van der Waals surface area contributed by atoms with Crippen molar-refractivity contribution in [2.24, 2.45) is 5.92 Å². The molecule has 0 amide bonds. The van der Waals surface area contributed by atoms with Crippen LogP contribution < -0.4 is 9.80 Å².